The molecule has 0 saturated carbocycles. The van der Waals surface area contributed by atoms with Crippen molar-refractivity contribution in [2.45, 2.75) is 26.5 Å². The number of hydrogen-bond donors (Lipinski definition) is 0. The van der Waals surface area contributed by atoms with Crippen LogP contribution in [0.1, 0.15) is 44.3 Å². The largest absolute Gasteiger partial charge is 0.497 e. The Morgan fingerprint density at radius 2 is 1.32 bits per heavy atom. The second kappa shape index (κ2) is 16.7. The zero-order chi connectivity index (χ0) is 31.1. The number of carbonyl (C=O) groups excluding carboxylic acids is 2. The number of para-hydroxylation sites is 1. The Bertz CT molecular complexity index is 1470. The van der Waals surface area contributed by atoms with E-state index in [4.69, 9.17) is 23.7 Å². The van der Waals surface area contributed by atoms with E-state index in [9.17, 15) is 9.59 Å². The molecule has 4 aromatic rings. The first kappa shape index (κ1) is 32.1. The molecule has 0 heterocycles. The molecular weight excluding hydrogens is 558 g/mol. The van der Waals surface area contributed by atoms with Crippen LogP contribution in [0.5, 0.6) is 17.2 Å². The Hall–Kier alpha value is -4.82. The van der Waals surface area contributed by atoms with Crippen molar-refractivity contribution in [1.82, 2.24) is 4.90 Å². The fraction of sp³-hybridized carbons (Fsp3) is 0.278. The summed E-state index contributed by atoms with van der Waals surface area (Å²) in [5, 5.41) is 0. The van der Waals surface area contributed by atoms with Gasteiger partial charge in [-0.2, -0.15) is 0 Å². The van der Waals surface area contributed by atoms with Gasteiger partial charge in [-0.25, -0.2) is 9.59 Å². The molecule has 44 heavy (non-hydrogen) atoms. The van der Waals surface area contributed by atoms with Crippen molar-refractivity contribution in [3.8, 4) is 17.2 Å². The summed E-state index contributed by atoms with van der Waals surface area (Å²) >= 11 is 0. The molecule has 0 saturated heterocycles. The standard InChI is InChI=1S/C36H39NO7/c1-4-42-36(39)31-15-19-33(20-16-31)43-24-23-37(25-27-9-13-30(14-10-27)35(38)41-3)22-21-29-7-5-6-8-34(29)44-26-28-11-17-32(40-2)18-12-28/h5-20H,4,21-26H2,1-3H3. The lowest BCUT2D eigenvalue weighted by Crippen LogP contribution is -2.30. The average Bonchev–Trinajstić information content (AvgIpc) is 3.07. The van der Waals surface area contributed by atoms with Crippen LogP contribution in [-0.2, 0) is 29.0 Å². The summed E-state index contributed by atoms with van der Waals surface area (Å²) in [5.41, 5.74) is 4.25. The summed E-state index contributed by atoms with van der Waals surface area (Å²) in [5.74, 6) is 1.63. The minimum atomic E-state index is -0.359. The van der Waals surface area contributed by atoms with E-state index in [-0.39, 0.29) is 11.9 Å². The number of ether oxygens (including phenoxy) is 5. The van der Waals surface area contributed by atoms with E-state index in [1.807, 2.05) is 54.6 Å². The van der Waals surface area contributed by atoms with Crippen LogP contribution in [-0.4, -0.2) is 57.4 Å². The van der Waals surface area contributed by atoms with E-state index >= 15 is 0 Å². The molecule has 0 radical (unpaired) electrons. The molecule has 0 fully saturated rings. The molecular formula is C36H39NO7. The van der Waals surface area contributed by atoms with Gasteiger partial charge in [-0.3, -0.25) is 4.90 Å². The number of benzene rings is 4. The van der Waals surface area contributed by atoms with E-state index < -0.39 is 0 Å². The summed E-state index contributed by atoms with van der Waals surface area (Å²) in [6.45, 7) is 5.11. The summed E-state index contributed by atoms with van der Waals surface area (Å²) in [4.78, 5) is 26.1. The van der Waals surface area contributed by atoms with Gasteiger partial charge in [0.2, 0.25) is 0 Å². The number of nitrogens with zero attached hydrogens (tertiary/aromatic N) is 1. The van der Waals surface area contributed by atoms with Crippen molar-refractivity contribution in [1.29, 1.82) is 0 Å². The van der Waals surface area contributed by atoms with Gasteiger partial charge in [-0.1, -0.05) is 42.5 Å². The molecule has 4 rings (SSSR count). The molecule has 0 aromatic heterocycles. The van der Waals surface area contributed by atoms with Crippen LogP contribution in [0.3, 0.4) is 0 Å². The molecule has 8 heteroatoms. The molecule has 230 valence electrons. The SMILES string of the molecule is CCOC(=O)c1ccc(OCCN(CCc2ccccc2OCc2ccc(OC)cc2)Cc2ccc(C(=O)OC)cc2)cc1. The van der Waals surface area contributed by atoms with Gasteiger partial charge in [0.25, 0.3) is 0 Å². The normalized spacial score (nSPS) is 10.7. The quantitative estimate of drug-likeness (QED) is 0.138. The minimum Gasteiger partial charge on any atom is -0.497 e. The highest BCUT2D eigenvalue weighted by molar-refractivity contribution is 5.89. The van der Waals surface area contributed by atoms with Gasteiger partial charge in [0.05, 0.1) is 32.0 Å². The fourth-order valence-corrected chi connectivity index (χ4v) is 4.60. The lowest BCUT2D eigenvalue weighted by molar-refractivity contribution is 0.0525. The molecule has 4 aromatic carbocycles. The summed E-state index contributed by atoms with van der Waals surface area (Å²) in [7, 11) is 3.03. The van der Waals surface area contributed by atoms with Gasteiger partial charge < -0.3 is 23.7 Å². The summed E-state index contributed by atoms with van der Waals surface area (Å²) in [6.07, 6.45) is 0.771. The van der Waals surface area contributed by atoms with E-state index in [0.717, 1.165) is 41.2 Å². The average molecular weight is 598 g/mol. The highest BCUT2D eigenvalue weighted by Gasteiger charge is 2.12. The summed E-state index contributed by atoms with van der Waals surface area (Å²) < 4.78 is 27.4. The van der Waals surface area contributed by atoms with Crippen LogP contribution in [0.15, 0.2) is 97.1 Å². The molecule has 0 unspecified atom stereocenters. The predicted molar refractivity (Wildman–Crippen MR) is 168 cm³/mol. The van der Waals surface area contributed by atoms with Crippen LogP contribution in [0.25, 0.3) is 0 Å². The van der Waals surface area contributed by atoms with Crippen LogP contribution in [0, 0.1) is 0 Å². The van der Waals surface area contributed by atoms with E-state index in [1.54, 1.807) is 50.4 Å². The van der Waals surface area contributed by atoms with Gasteiger partial charge in [-0.05, 0) is 84.6 Å². The first-order chi connectivity index (χ1) is 21.5. The third-order valence-electron chi connectivity index (χ3n) is 7.05. The topological polar surface area (TPSA) is 83.5 Å². The third kappa shape index (κ3) is 9.61. The highest BCUT2D eigenvalue weighted by Crippen LogP contribution is 2.22. The van der Waals surface area contributed by atoms with E-state index in [1.165, 1.54) is 7.11 Å². The van der Waals surface area contributed by atoms with Crippen LogP contribution in [0.4, 0.5) is 0 Å². The van der Waals surface area contributed by atoms with Crippen molar-refractivity contribution in [2.75, 3.05) is 40.5 Å². The molecule has 0 aliphatic carbocycles. The molecule has 0 aliphatic heterocycles. The predicted octanol–water partition coefficient (Wildman–Crippen LogP) is 6.36. The first-order valence-corrected chi connectivity index (χ1v) is 14.6. The zero-order valence-electron chi connectivity index (χ0n) is 25.5. The maximum Gasteiger partial charge on any atom is 0.338 e. The Labute approximate surface area is 259 Å². The zero-order valence-corrected chi connectivity index (χ0v) is 25.5. The lowest BCUT2D eigenvalue weighted by Gasteiger charge is -2.23. The molecule has 0 bridgehead atoms. The molecule has 0 atom stereocenters. The number of hydrogen-bond acceptors (Lipinski definition) is 8. The van der Waals surface area contributed by atoms with Gasteiger partial charge >= 0.3 is 11.9 Å². The lowest BCUT2D eigenvalue weighted by atomic mass is 10.1. The van der Waals surface area contributed by atoms with Gasteiger partial charge in [0.1, 0.15) is 30.5 Å². The highest BCUT2D eigenvalue weighted by atomic mass is 16.5. The number of methoxy groups -OCH3 is 2. The maximum atomic E-state index is 11.9. The molecule has 0 N–H and O–H groups in total. The van der Waals surface area contributed by atoms with Crippen LogP contribution < -0.4 is 14.2 Å². The van der Waals surface area contributed by atoms with Crippen molar-refractivity contribution >= 4 is 11.9 Å². The Morgan fingerprint density at radius 3 is 2.00 bits per heavy atom. The third-order valence-corrected chi connectivity index (χ3v) is 7.05. The Balaban J connectivity index is 1.40. The van der Waals surface area contributed by atoms with Crippen molar-refractivity contribution < 1.29 is 33.3 Å². The Morgan fingerprint density at radius 1 is 0.682 bits per heavy atom. The monoisotopic (exact) mass is 597 g/mol. The van der Waals surface area contributed by atoms with Crippen molar-refractivity contribution in [2.24, 2.45) is 0 Å². The smallest absolute Gasteiger partial charge is 0.338 e. The first-order valence-electron chi connectivity index (χ1n) is 14.6. The second-order valence-corrected chi connectivity index (χ2v) is 10.1. The molecule has 0 amide bonds. The minimum absolute atomic E-state index is 0.331. The maximum absolute atomic E-state index is 11.9. The van der Waals surface area contributed by atoms with Crippen molar-refractivity contribution in [3.05, 3.63) is 125 Å². The van der Waals surface area contributed by atoms with Gasteiger partial charge in [-0.15, -0.1) is 0 Å². The van der Waals surface area contributed by atoms with E-state index in [0.29, 0.717) is 49.8 Å². The summed E-state index contributed by atoms with van der Waals surface area (Å²) in [6, 6.07) is 30.4. The van der Waals surface area contributed by atoms with Crippen molar-refractivity contribution in [3.63, 3.8) is 0 Å². The molecule has 8 nitrogen and oxygen atoms in total. The number of rotatable bonds is 16. The Kier molecular flexibility index (Phi) is 12.2. The van der Waals surface area contributed by atoms with Crippen LogP contribution in [0.2, 0.25) is 0 Å². The molecule has 0 aliphatic rings. The van der Waals surface area contributed by atoms with Crippen LogP contribution >= 0.6 is 0 Å². The second-order valence-electron chi connectivity index (χ2n) is 10.1. The van der Waals surface area contributed by atoms with Gasteiger partial charge in [0, 0.05) is 19.6 Å². The van der Waals surface area contributed by atoms with Gasteiger partial charge in [0.15, 0.2) is 0 Å². The van der Waals surface area contributed by atoms with E-state index in [2.05, 4.69) is 11.0 Å². The number of carbonyl (C=O) groups is 2. The molecule has 0 spiro atoms. The number of esters is 2. The fourth-order valence-electron chi connectivity index (χ4n) is 4.60.